The van der Waals surface area contributed by atoms with E-state index in [0.717, 1.165) is 30.5 Å². The molecule has 2 rings (SSSR count). The predicted octanol–water partition coefficient (Wildman–Crippen LogP) is 0.439. The molecule has 4 nitrogen and oxygen atoms in total. The average Bonchev–Trinajstić information content (AvgIpc) is 2.62. The van der Waals surface area contributed by atoms with Crippen LogP contribution in [0.1, 0.15) is 35.1 Å². The van der Waals surface area contributed by atoms with Crippen molar-refractivity contribution in [1.82, 2.24) is 9.78 Å². The molecule has 0 saturated heterocycles. The summed E-state index contributed by atoms with van der Waals surface area (Å²) in [7, 11) is 1.81. The van der Waals surface area contributed by atoms with Gasteiger partial charge >= 0.3 is 0 Å². The Bertz CT molecular complexity index is 379. The lowest BCUT2D eigenvalue weighted by Crippen LogP contribution is -2.29. The van der Waals surface area contributed by atoms with Crippen molar-refractivity contribution in [2.45, 2.75) is 32.2 Å². The van der Waals surface area contributed by atoms with Crippen molar-refractivity contribution >= 4 is 5.78 Å². The first-order chi connectivity index (χ1) is 6.61. The fourth-order valence-corrected chi connectivity index (χ4v) is 2.04. The van der Waals surface area contributed by atoms with Crippen molar-refractivity contribution in [1.29, 1.82) is 0 Å². The molecule has 0 bridgehead atoms. The Kier molecular flexibility index (Phi) is 2.15. The first kappa shape index (κ1) is 9.40. The monoisotopic (exact) mass is 193 g/mol. The van der Waals surface area contributed by atoms with Gasteiger partial charge in [0.2, 0.25) is 0 Å². The zero-order chi connectivity index (χ0) is 10.3. The van der Waals surface area contributed by atoms with Gasteiger partial charge in [0.25, 0.3) is 0 Å². The number of aryl methyl sites for hydroxylation is 2. The molecule has 2 N–H and O–H groups in total. The van der Waals surface area contributed by atoms with Gasteiger partial charge in [0.15, 0.2) is 5.78 Å². The number of aromatic nitrogens is 2. The van der Waals surface area contributed by atoms with E-state index in [9.17, 15) is 4.79 Å². The van der Waals surface area contributed by atoms with Crippen LogP contribution in [0.25, 0.3) is 0 Å². The SMILES string of the molecule is CC(N)C(=O)c1c2c(nn1C)CCC2. The van der Waals surface area contributed by atoms with E-state index < -0.39 is 6.04 Å². The highest BCUT2D eigenvalue weighted by Crippen LogP contribution is 2.24. The zero-order valence-electron chi connectivity index (χ0n) is 8.58. The Morgan fingerprint density at radius 3 is 2.93 bits per heavy atom. The van der Waals surface area contributed by atoms with E-state index in [1.807, 2.05) is 7.05 Å². The Labute approximate surface area is 83.1 Å². The maximum Gasteiger partial charge on any atom is 0.197 e. The molecule has 0 spiro atoms. The molecule has 1 aliphatic carbocycles. The summed E-state index contributed by atoms with van der Waals surface area (Å²) >= 11 is 0. The van der Waals surface area contributed by atoms with Crippen molar-refractivity contribution in [3.8, 4) is 0 Å². The summed E-state index contributed by atoms with van der Waals surface area (Å²) in [5.41, 5.74) is 8.52. The third-order valence-electron chi connectivity index (χ3n) is 2.72. The number of fused-ring (bicyclic) bond motifs is 1. The summed E-state index contributed by atoms with van der Waals surface area (Å²) in [5.74, 6) is 0.00292. The standard InChI is InChI=1S/C10H15N3O/c1-6(11)10(14)9-7-4-3-5-8(7)12-13(9)2/h6H,3-5,11H2,1-2H3. The number of carbonyl (C=O) groups is 1. The number of nitrogens with two attached hydrogens (primary N) is 1. The second-order valence-corrected chi connectivity index (χ2v) is 3.90. The maximum absolute atomic E-state index is 11.8. The van der Waals surface area contributed by atoms with Crippen molar-refractivity contribution in [3.05, 3.63) is 17.0 Å². The summed E-state index contributed by atoms with van der Waals surface area (Å²) in [4.78, 5) is 11.8. The fourth-order valence-electron chi connectivity index (χ4n) is 2.04. The normalized spacial score (nSPS) is 16.8. The van der Waals surface area contributed by atoms with Gasteiger partial charge < -0.3 is 5.73 Å². The lowest BCUT2D eigenvalue weighted by atomic mass is 10.1. The predicted molar refractivity (Wildman–Crippen MR) is 53.2 cm³/mol. The number of carbonyl (C=O) groups excluding carboxylic acids is 1. The minimum absolute atomic E-state index is 0.00292. The van der Waals surface area contributed by atoms with Gasteiger partial charge in [-0.2, -0.15) is 5.10 Å². The van der Waals surface area contributed by atoms with Crippen LogP contribution in [-0.2, 0) is 19.9 Å². The Balaban J connectivity index is 2.47. The average molecular weight is 193 g/mol. The number of hydrogen-bond donors (Lipinski definition) is 1. The van der Waals surface area contributed by atoms with Crippen LogP contribution < -0.4 is 5.73 Å². The highest BCUT2D eigenvalue weighted by molar-refractivity contribution is 5.99. The molecule has 1 aromatic rings. The topological polar surface area (TPSA) is 60.9 Å². The first-order valence-corrected chi connectivity index (χ1v) is 4.96. The Hall–Kier alpha value is -1.16. The second kappa shape index (κ2) is 3.20. The molecular formula is C10H15N3O. The van der Waals surface area contributed by atoms with Gasteiger partial charge in [-0.1, -0.05) is 0 Å². The Morgan fingerprint density at radius 1 is 1.57 bits per heavy atom. The smallest absolute Gasteiger partial charge is 0.197 e. The molecule has 4 heteroatoms. The Morgan fingerprint density at radius 2 is 2.29 bits per heavy atom. The van der Waals surface area contributed by atoms with Crippen LogP contribution in [0.15, 0.2) is 0 Å². The van der Waals surface area contributed by atoms with Crippen molar-refractivity contribution in [2.24, 2.45) is 12.8 Å². The lowest BCUT2D eigenvalue weighted by molar-refractivity contribution is 0.0958. The summed E-state index contributed by atoms with van der Waals surface area (Å²) < 4.78 is 1.68. The van der Waals surface area contributed by atoms with Crippen molar-refractivity contribution in [3.63, 3.8) is 0 Å². The first-order valence-electron chi connectivity index (χ1n) is 4.96. The molecule has 0 amide bonds. The second-order valence-electron chi connectivity index (χ2n) is 3.90. The molecule has 1 aromatic heterocycles. The zero-order valence-corrected chi connectivity index (χ0v) is 8.58. The lowest BCUT2D eigenvalue weighted by Gasteiger charge is -2.06. The number of ketones is 1. The number of rotatable bonds is 2. The summed E-state index contributed by atoms with van der Waals surface area (Å²) in [6, 6.07) is -0.435. The van der Waals surface area contributed by atoms with Crippen LogP contribution in [0, 0.1) is 0 Å². The van der Waals surface area contributed by atoms with Crippen LogP contribution in [0.5, 0.6) is 0 Å². The van der Waals surface area contributed by atoms with Crippen LogP contribution >= 0.6 is 0 Å². The third kappa shape index (κ3) is 1.26. The van der Waals surface area contributed by atoms with Gasteiger partial charge in [-0.05, 0) is 26.2 Å². The summed E-state index contributed by atoms with van der Waals surface area (Å²) in [6.45, 7) is 1.72. The molecule has 14 heavy (non-hydrogen) atoms. The van der Waals surface area contributed by atoms with Crippen molar-refractivity contribution < 1.29 is 4.79 Å². The van der Waals surface area contributed by atoms with Gasteiger partial charge in [-0.15, -0.1) is 0 Å². The van der Waals surface area contributed by atoms with E-state index in [1.54, 1.807) is 11.6 Å². The molecule has 1 heterocycles. The quantitative estimate of drug-likeness (QED) is 0.693. The van der Waals surface area contributed by atoms with Crippen LogP contribution in [0.4, 0.5) is 0 Å². The molecule has 0 aliphatic heterocycles. The number of hydrogen-bond acceptors (Lipinski definition) is 3. The number of nitrogens with zero attached hydrogens (tertiary/aromatic N) is 2. The third-order valence-corrected chi connectivity index (χ3v) is 2.72. The van der Waals surface area contributed by atoms with Crippen molar-refractivity contribution in [2.75, 3.05) is 0 Å². The molecule has 1 aliphatic rings. The highest BCUT2D eigenvalue weighted by atomic mass is 16.1. The molecule has 76 valence electrons. The molecule has 1 atom stereocenters. The largest absolute Gasteiger partial charge is 0.321 e. The van der Waals surface area contributed by atoms with E-state index in [-0.39, 0.29) is 5.78 Å². The van der Waals surface area contributed by atoms with Gasteiger partial charge in [-0.25, -0.2) is 0 Å². The molecule has 0 radical (unpaired) electrons. The van der Waals surface area contributed by atoms with Crippen LogP contribution in [0.2, 0.25) is 0 Å². The minimum atomic E-state index is -0.435. The van der Waals surface area contributed by atoms with Gasteiger partial charge in [0.05, 0.1) is 11.7 Å². The molecule has 0 aromatic carbocycles. The highest BCUT2D eigenvalue weighted by Gasteiger charge is 2.26. The van der Waals surface area contributed by atoms with Crippen LogP contribution in [0.3, 0.4) is 0 Å². The van der Waals surface area contributed by atoms with Gasteiger partial charge in [0.1, 0.15) is 5.69 Å². The summed E-state index contributed by atoms with van der Waals surface area (Å²) in [6.07, 6.45) is 3.07. The van der Waals surface area contributed by atoms with Gasteiger partial charge in [0, 0.05) is 12.6 Å². The molecule has 0 fully saturated rings. The number of Topliss-reactive ketones (excluding diaryl/α,β-unsaturated/α-hetero) is 1. The van der Waals surface area contributed by atoms with Gasteiger partial charge in [-0.3, -0.25) is 9.48 Å². The molecular weight excluding hydrogens is 178 g/mol. The fraction of sp³-hybridized carbons (Fsp3) is 0.600. The van der Waals surface area contributed by atoms with E-state index in [2.05, 4.69) is 5.10 Å². The maximum atomic E-state index is 11.8. The minimum Gasteiger partial charge on any atom is -0.321 e. The van der Waals surface area contributed by atoms with Crippen LogP contribution in [-0.4, -0.2) is 21.6 Å². The molecule has 0 saturated carbocycles. The van der Waals surface area contributed by atoms with E-state index in [1.165, 1.54) is 0 Å². The van der Waals surface area contributed by atoms with E-state index >= 15 is 0 Å². The molecule has 1 unspecified atom stereocenters. The van der Waals surface area contributed by atoms with E-state index in [4.69, 9.17) is 5.73 Å². The summed E-state index contributed by atoms with van der Waals surface area (Å²) in [5, 5.41) is 4.33. The van der Waals surface area contributed by atoms with E-state index in [0.29, 0.717) is 5.69 Å².